The van der Waals surface area contributed by atoms with Gasteiger partial charge in [0.15, 0.2) is 26.7 Å². The number of aliphatic hydroxyl groups is 1. The number of likely N-dealkylation sites (tertiary alicyclic amines) is 1. The Kier molecular flexibility index (Phi) is 10.6. The molecule has 2 atom stereocenters. The number of β-lactam (4-membered cyclic amide) rings is 1. The molecule has 1 N–H and O–H groups in total. The molecule has 1 saturated heterocycles. The molecular weight excluding hydrogens is 506 g/mol. The van der Waals surface area contributed by atoms with Crippen molar-refractivity contribution in [1.82, 2.24) is 4.90 Å². The Labute approximate surface area is 227 Å². The third kappa shape index (κ3) is 7.42. The summed E-state index contributed by atoms with van der Waals surface area (Å²) in [6.45, 7) is 18.3. The fraction of sp³-hybridized carbons (Fsp3) is 0.630. The molecule has 0 bridgehead atoms. The zero-order valence-electron chi connectivity index (χ0n) is 24.0. The summed E-state index contributed by atoms with van der Waals surface area (Å²) in [6.07, 6.45) is -0.348. The van der Waals surface area contributed by atoms with Gasteiger partial charge in [-0.05, 0) is 63.4 Å². The van der Waals surface area contributed by atoms with Crippen molar-refractivity contribution >= 4 is 26.6 Å². The largest absolute Gasteiger partial charge is 0.507 e. The summed E-state index contributed by atoms with van der Waals surface area (Å²) in [5.41, 5.74) is 0.0895. The highest BCUT2D eigenvalue weighted by Crippen LogP contribution is 2.36. The van der Waals surface area contributed by atoms with Crippen LogP contribution in [-0.2, 0) is 25.4 Å². The average molecular weight is 551 g/mol. The Morgan fingerprint density at radius 3 is 2.16 bits per heavy atom. The molecule has 1 heterocycles. The molecule has 212 valence electrons. The smallest absolute Gasteiger partial charge is 0.359 e. The molecule has 10 nitrogen and oxygen atoms in total. The van der Waals surface area contributed by atoms with Crippen LogP contribution in [0.2, 0.25) is 13.1 Å². The van der Waals surface area contributed by atoms with Crippen molar-refractivity contribution in [2.24, 2.45) is 5.41 Å². The minimum Gasteiger partial charge on any atom is -0.507 e. The highest BCUT2D eigenvalue weighted by molar-refractivity contribution is 6.48. The van der Waals surface area contributed by atoms with E-state index in [0.717, 1.165) is 19.6 Å². The SMILES string of the molecule is CC[N+](CC)(CC)C1CC(=O)N1C(C(=O)OCc1ccc([N+](=O)[O-])cc1)=C(O)C(CC(C)(C)C)O[SiH](C)C. The van der Waals surface area contributed by atoms with Crippen LogP contribution in [0, 0.1) is 15.5 Å². The van der Waals surface area contributed by atoms with Crippen molar-refractivity contribution in [3.63, 3.8) is 0 Å². The number of nitro benzene ring substituents is 1. The van der Waals surface area contributed by atoms with Crippen molar-refractivity contribution < 1.29 is 33.3 Å². The summed E-state index contributed by atoms with van der Waals surface area (Å²) in [6, 6.07) is 5.69. The number of carbonyl (C=O) groups excluding carboxylic acids is 2. The van der Waals surface area contributed by atoms with Crippen LogP contribution in [0.15, 0.2) is 35.7 Å². The number of nitrogens with zero attached hydrogens (tertiary/aromatic N) is 3. The first-order chi connectivity index (χ1) is 17.7. The second-order valence-corrected chi connectivity index (χ2v) is 13.7. The number of benzene rings is 1. The van der Waals surface area contributed by atoms with Gasteiger partial charge in [0.2, 0.25) is 5.91 Å². The van der Waals surface area contributed by atoms with Crippen molar-refractivity contribution in [1.29, 1.82) is 0 Å². The summed E-state index contributed by atoms with van der Waals surface area (Å²) in [5, 5.41) is 22.6. The maximum absolute atomic E-state index is 13.6. The molecule has 0 aliphatic carbocycles. The Bertz CT molecular complexity index is 1020. The molecule has 1 aromatic rings. The molecular formula is C27H44N3O7Si+. The monoisotopic (exact) mass is 550 g/mol. The Morgan fingerprint density at radius 1 is 1.18 bits per heavy atom. The maximum atomic E-state index is 13.6. The van der Waals surface area contributed by atoms with Gasteiger partial charge in [-0.25, -0.2) is 4.79 Å². The van der Waals surface area contributed by atoms with E-state index in [1.807, 2.05) is 33.9 Å². The van der Waals surface area contributed by atoms with Crippen molar-refractivity contribution in [3.05, 3.63) is 51.4 Å². The van der Waals surface area contributed by atoms with Gasteiger partial charge in [0, 0.05) is 12.1 Å². The van der Waals surface area contributed by atoms with Crippen molar-refractivity contribution in [2.75, 3.05) is 19.6 Å². The van der Waals surface area contributed by atoms with Crippen LogP contribution in [0.4, 0.5) is 5.69 Å². The summed E-state index contributed by atoms with van der Waals surface area (Å²) in [4.78, 5) is 38.5. The predicted molar refractivity (Wildman–Crippen MR) is 148 cm³/mol. The predicted octanol–water partition coefficient (Wildman–Crippen LogP) is 4.65. The van der Waals surface area contributed by atoms with Crippen LogP contribution in [-0.4, -0.2) is 72.2 Å². The quantitative estimate of drug-likeness (QED) is 0.0555. The molecule has 1 fully saturated rings. The topological polar surface area (TPSA) is 119 Å². The molecule has 0 radical (unpaired) electrons. The van der Waals surface area contributed by atoms with Gasteiger partial charge in [-0.3, -0.25) is 19.8 Å². The Balaban J connectivity index is 2.53. The number of esters is 1. The maximum Gasteiger partial charge on any atom is 0.359 e. The number of hydrogen-bond acceptors (Lipinski definition) is 7. The van der Waals surface area contributed by atoms with E-state index >= 15 is 0 Å². The van der Waals surface area contributed by atoms with Gasteiger partial charge in [0.05, 0.1) is 24.6 Å². The van der Waals surface area contributed by atoms with Crippen LogP contribution >= 0.6 is 0 Å². The number of rotatable bonds is 13. The zero-order chi connectivity index (χ0) is 28.8. The molecule has 1 aliphatic rings. The van der Waals surface area contributed by atoms with Crippen LogP contribution in [0.5, 0.6) is 0 Å². The lowest BCUT2D eigenvalue weighted by molar-refractivity contribution is -0.958. The second kappa shape index (κ2) is 12.9. The highest BCUT2D eigenvalue weighted by Gasteiger charge is 2.53. The molecule has 0 saturated carbocycles. The van der Waals surface area contributed by atoms with Gasteiger partial charge >= 0.3 is 5.97 Å². The van der Waals surface area contributed by atoms with Crippen LogP contribution in [0.25, 0.3) is 0 Å². The minimum atomic E-state index is -1.64. The first kappa shape index (κ1) is 31.5. The highest BCUT2D eigenvalue weighted by atomic mass is 28.3. The van der Waals surface area contributed by atoms with Gasteiger partial charge in [-0.1, -0.05) is 20.8 Å². The Hall–Kier alpha value is -2.76. The standard InChI is InChI=1S/C27H43N3O7Si/c1-9-30(10-2,11-3)22-16-23(31)28(22)24(25(32)21(37-38(7)8)17-27(4,5)6)26(33)36-18-19-12-14-20(15-13-19)29(34)35/h12-15,21-22,38H,9-11,16-18H2,1-8H3/p+1. The van der Waals surface area contributed by atoms with Crippen molar-refractivity contribution in [2.45, 2.75) is 86.4 Å². The lowest BCUT2D eigenvalue weighted by Crippen LogP contribution is -2.70. The molecule has 1 amide bonds. The van der Waals surface area contributed by atoms with E-state index in [9.17, 15) is 24.8 Å². The fourth-order valence-corrected chi connectivity index (χ4v) is 5.80. The molecule has 0 aromatic heterocycles. The van der Waals surface area contributed by atoms with Gasteiger partial charge in [0.25, 0.3) is 5.69 Å². The zero-order valence-corrected chi connectivity index (χ0v) is 25.2. The van der Waals surface area contributed by atoms with E-state index in [4.69, 9.17) is 9.16 Å². The molecule has 2 rings (SSSR count). The number of quaternary nitrogens is 1. The van der Waals surface area contributed by atoms with Crippen molar-refractivity contribution in [3.8, 4) is 0 Å². The van der Waals surface area contributed by atoms with Crippen LogP contribution < -0.4 is 0 Å². The summed E-state index contributed by atoms with van der Waals surface area (Å²) in [7, 11) is -1.64. The van der Waals surface area contributed by atoms with E-state index in [0.29, 0.717) is 16.5 Å². The van der Waals surface area contributed by atoms with Crippen LogP contribution in [0.1, 0.15) is 59.9 Å². The number of ether oxygens (including phenoxy) is 1. The van der Waals surface area contributed by atoms with Crippen LogP contribution in [0.3, 0.4) is 0 Å². The first-order valence-electron chi connectivity index (χ1n) is 13.4. The number of amides is 1. The Morgan fingerprint density at radius 2 is 1.74 bits per heavy atom. The van der Waals surface area contributed by atoms with E-state index in [1.165, 1.54) is 29.2 Å². The van der Waals surface area contributed by atoms with E-state index in [2.05, 4.69) is 20.8 Å². The third-order valence-electron chi connectivity index (χ3n) is 7.18. The lowest BCUT2D eigenvalue weighted by Gasteiger charge is -2.52. The molecule has 1 aromatic carbocycles. The number of non-ortho nitro benzene ring substituents is 1. The number of aliphatic hydroxyl groups excluding tert-OH is 1. The number of nitro groups is 1. The lowest BCUT2D eigenvalue weighted by atomic mass is 9.88. The number of hydrogen-bond donors (Lipinski definition) is 1. The average Bonchev–Trinajstić information content (AvgIpc) is 2.84. The molecule has 11 heteroatoms. The summed E-state index contributed by atoms with van der Waals surface area (Å²) in [5.74, 6) is -1.36. The minimum absolute atomic E-state index is 0.0693. The van der Waals surface area contributed by atoms with E-state index in [-0.39, 0.29) is 47.7 Å². The van der Waals surface area contributed by atoms with Gasteiger partial charge in [-0.15, -0.1) is 0 Å². The van der Waals surface area contributed by atoms with Gasteiger partial charge < -0.3 is 18.8 Å². The second-order valence-electron chi connectivity index (χ2n) is 11.3. The molecule has 1 aliphatic heterocycles. The van der Waals surface area contributed by atoms with E-state index < -0.39 is 26.0 Å². The van der Waals surface area contributed by atoms with E-state index in [1.54, 1.807) is 0 Å². The number of carbonyl (C=O) groups is 2. The molecule has 0 spiro atoms. The first-order valence-corrected chi connectivity index (χ1v) is 16.1. The molecule has 38 heavy (non-hydrogen) atoms. The normalized spacial score (nSPS) is 17.7. The fourth-order valence-electron chi connectivity index (χ4n) is 4.92. The third-order valence-corrected chi connectivity index (χ3v) is 8.05. The summed E-state index contributed by atoms with van der Waals surface area (Å²) >= 11 is 0. The van der Waals surface area contributed by atoms with Gasteiger partial charge in [0.1, 0.15) is 19.1 Å². The van der Waals surface area contributed by atoms with Gasteiger partial charge in [-0.2, -0.15) is 0 Å². The molecule has 2 unspecified atom stereocenters. The summed E-state index contributed by atoms with van der Waals surface area (Å²) < 4.78 is 12.4.